The molecule has 0 fully saturated rings. The van der Waals surface area contributed by atoms with Crippen LogP contribution in [0.25, 0.3) is 0 Å². The number of esters is 1. The van der Waals surface area contributed by atoms with Crippen molar-refractivity contribution in [2.24, 2.45) is 5.92 Å². The molecule has 0 heterocycles. The molecular formula is C15H29ClO2. The number of carbonyl (C=O) groups excluding carboxylic acids is 1. The zero-order valence-electron chi connectivity index (χ0n) is 12.0. The molecular weight excluding hydrogens is 248 g/mol. The van der Waals surface area contributed by atoms with Crippen LogP contribution in [-0.4, -0.2) is 19.0 Å². The van der Waals surface area contributed by atoms with E-state index in [2.05, 4.69) is 11.7 Å². The average molecular weight is 277 g/mol. The monoisotopic (exact) mass is 276 g/mol. The number of halogens is 1. The Hall–Kier alpha value is -0.240. The van der Waals surface area contributed by atoms with Gasteiger partial charge in [-0.05, 0) is 12.3 Å². The van der Waals surface area contributed by atoms with Gasteiger partial charge in [0.25, 0.3) is 0 Å². The summed E-state index contributed by atoms with van der Waals surface area (Å²) in [5.41, 5.74) is 0. The highest BCUT2D eigenvalue weighted by atomic mass is 35.5. The smallest absolute Gasteiger partial charge is 0.305 e. The van der Waals surface area contributed by atoms with Crippen LogP contribution < -0.4 is 0 Å². The molecule has 0 rings (SSSR count). The van der Waals surface area contributed by atoms with E-state index in [4.69, 9.17) is 11.6 Å². The van der Waals surface area contributed by atoms with Gasteiger partial charge >= 0.3 is 5.97 Å². The predicted molar refractivity (Wildman–Crippen MR) is 78.1 cm³/mol. The fraction of sp³-hybridized carbons (Fsp3) is 0.933. The van der Waals surface area contributed by atoms with Crippen LogP contribution in [0.3, 0.4) is 0 Å². The summed E-state index contributed by atoms with van der Waals surface area (Å²) < 4.78 is 4.66. The van der Waals surface area contributed by atoms with Gasteiger partial charge in [-0.2, -0.15) is 0 Å². The van der Waals surface area contributed by atoms with Crippen molar-refractivity contribution >= 4 is 17.6 Å². The van der Waals surface area contributed by atoms with E-state index in [0.29, 0.717) is 12.3 Å². The van der Waals surface area contributed by atoms with Crippen LogP contribution in [0.1, 0.15) is 71.1 Å². The second-order valence-electron chi connectivity index (χ2n) is 5.19. The van der Waals surface area contributed by atoms with Crippen LogP contribution >= 0.6 is 11.6 Å². The molecule has 1 atom stereocenters. The third kappa shape index (κ3) is 12.2. The van der Waals surface area contributed by atoms with Crippen molar-refractivity contribution in [3.8, 4) is 0 Å². The molecule has 0 aromatic rings. The van der Waals surface area contributed by atoms with E-state index in [9.17, 15) is 4.79 Å². The number of alkyl halides is 1. The second-order valence-corrected chi connectivity index (χ2v) is 5.57. The third-order valence-corrected chi connectivity index (χ3v) is 3.59. The first-order valence-electron chi connectivity index (χ1n) is 7.33. The van der Waals surface area contributed by atoms with E-state index in [1.165, 1.54) is 52.1 Å². The van der Waals surface area contributed by atoms with Gasteiger partial charge in [-0.15, -0.1) is 11.6 Å². The summed E-state index contributed by atoms with van der Waals surface area (Å²) >= 11 is 5.63. The number of rotatable bonds is 12. The van der Waals surface area contributed by atoms with Crippen molar-refractivity contribution in [1.82, 2.24) is 0 Å². The number of methoxy groups -OCH3 is 1. The first-order valence-corrected chi connectivity index (χ1v) is 7.87. The maximum atomic E-state index is 11.1. The van der Waals surface area contributed by atoms with E-state index < -0.39 is 0 Å². The van der Waals surface area contributed by atoms with E-state index in [0.717, 1.165) is 18.7 Å². The fourth-order valence-corrected chi connectivity index (χ4v) is 2.31. The molecule has 2 nitrogen and oxygen atoms in total. The van der Waals surface area contributed by atoms with Crippen LogP contribution in [0.5, 0.6) is 0 Å². The SMILES string of the molecule is COC(=O)CC(C)CCCCCCCCCCCl. The molecule has 0 amide bonds. The summed E-state index contributed by atoms with van der Waals surface area (Å²) in [5, 5.41) is 0. The number of hydrogen-bond acceptors (Lipinski definition) is 2. The van der Waals surface area contributed by atoms with Crippen molar-refractivity contribution in [3.63, 3.8) is 0 Å². The lowest BCUT2D eigenvalue weighted by Crippen LogP contribution is -2.06. The summed E-state index contributed by atoms with van der Waals surface area (Å²) in [6.45, 7) is 2.13. The lowest BCUT2D eigenvalue weighted by molar-refractivity contribution is -0.141. The minimum atomic E-state index is -0.0817. The summed E-state index contributed by atoms with van der Waals surface area (Å²) in [4.78, 5) is 11.1. The highest BCUT2D eigenvalue weighted by molar-refractivity contribution is 6.17. The van der Waals surface area contributed by atoms with Gasteiger partial charge in [-0.3, -0.25) is 4.79 Å². The molecule has 0 aliphatic heterocycles. The minimum absolute atomic E-state index is 0.0817. The topological polar surface area (TPSA) is 26.3 Å². The summed E-state index contributed by atoms with van der Waals surface area (Å²) in [7, 11) is 1.46. The molecule has 0 spiro atoms. The van der Waals surface area contributed by atoms with E-state index in [1.54, 1.807) is 0 Å². The molecule has 0 N–H and O–H groups in total. The maximum Gasteiger partial charge on any atom is 0.305 e. The predicted octanol–water partition coefficient (Wildman–Crippen LogP) is 4.94. The van der Waals surface area contributed by atoms with Gasteiger partial charge in [0, 0.05) is 12.3 Å². The molecule has 0 bridgehead atoms. The summed E-state index contributed by atoms with van der Waals surface area (Å²) in [6.07, 6.45) is 12.0. The van der Waals surface area contributed by atoms with E-state index >= 15 is 0 Å². The molecule has 0 aliphatic rings. The zero-order chi connectivity index (χ0) is 13.6. The molecule has 0 aromatic heterocycles. The Morgan fingerprint density at radius 1 is 1.00 bits per heavy atom. The normalized spacial score (nSPS) is 12.4. The Balaban J connectivity index is 3.17. The minimum Gasteiger partial charge on any atom is -0.469 e. The van der Waals surface area contributed by atoms with Gasteiger partial charge in [0.15, 0.2) is 0 Å². The van der Waals surface area contributed by atoms with Gasteiger partial charge in [0.2, 0.25) is 0 Å². The Morgan fingerprint density at radius 2 is 1.50 bits per heavy atom. The number of ether oxygens (including phenoxy) is 1. The zero-order valence-corrected chi connectivity index (χ0v) is 12.8. The van der Waals surface area contributed by atoms with Crippen LogP contribution in [0.4, 0.5) is 0 Å². The van der Waals surface area contributed by atoms with Gasteiger partial charge in [0.05, 0.1) is 7.11 Å². The average Bonchev–Trinajstić information content (AvgIpc) is 2.36. The van der Waals surface area contributed by atoms with E-state index in [1.807, 2.05) is 0 Å². The third-order valence-electron chi connectivity index (χ3n) is 3.32. The number of carbonyl (C=O) groups is 1. The molecule has 3 heteroatoms. The molecule has 0 radical (unpaired) electrons. The molecule has 18 heavy (non-hydrogen) atoms. The highest BCUT2D eigenvalue weighted by Gasteiger charge is 2.08. The standard InChI is InChI=1S/C15H29ClO2/c1-14(13-15(17)18-2)11-9-7-5-3-4-6-8-10-12-16/h14H,3-13H2,1-2H3. The number of unbranched alkanes of at least 4 members (excludes halogenated alkanes) is 7. The second kappa shape index (κ2) is 13.2. The quantitative estimate of drug-likeness (QED) is 0.287. The Labute approximate surface area is 117 Å². The highest BCUT2D eigenvalue weighted by Crippen LogP contribution is 2.15. The first-order chi connectivity index (χ1) is 8.70. The van der Waals surface area contributed by atoms with E-state index in [-0.39, 0.29) is 5.97 Å². The summed E-state index contributed by atoms with van der Waals surface area (Å²) in [5.74, 6) is 1.18. The Kier molecular flexibility index (Phi) is 13.0. The van der Waals surface area contributed by atoms with Crippen molar-refractivity contribution in [1.29, 1.82) is 0 Å². The molecule has 0 aliphatic carbocycles. The molecule has 1 unspecified atom stereocenters. The molecule has 0 aromatic carbocycles. The molecule has 108 valence electrons. The van der Waals surface area contributed by atoms with Crippen LogP contribution in [0, 0.1) is 5.92 Å². The first kappa shape index (κ1) is 17.8. The van der Waals surface area contributed by atoms with Crippen molar-refractivity contribution in [2.45, 2.75) is 71.1 Å². The van der Waals surface area contributed by atoms with Gasteiger partial charge in [-0.25, -0.2) is 0 Å². The van der Waals surface area contributed by atoms with Crippen molar-refractivity contribution in [3.05, 3.63) is 0 Å². The Bertz CT molecular complexity index is 195. The number of hydrogen-bond donors (Lipinski definition) is 0. The van der Waals surface area contributed by atoms with Gasteiger partial charge < -0.3 is 4.74 Å². The summed E-state index contributed by atoms with van der Waals surface area (Å²) in [6, 6.07) is 0. The molecule has 0 saturated heterocycles. The van der Waals surface area contributed by atoms with Crippen LogP contribution in [0.15, 0.2) is 0 Å². The Morgan fingerprint density at radius 3 is 2.00 bits per heavy atom. The van der Waals surface area contributed by atoms with Crippen LogP contribution in [-0.2, 0) is 9.53 Å². The van der Waals surface area contributed by atoms with Crippen molar-refractivity contribution < 1.29 is 9.53 Å². The maximum absolute atomic E-state index is 11.1. The van der Waals surface area contributed by atoms with Crippen LogP contribution in [0.2, 0.25) is 0 Å². The fourth-order valence-electron chi connectivity index (χ4n) is 2.12. The molecule has 0 saturated carbocycles. The largest absolute Gasteiger partial charge is 0.469 e. The van der Waals surface area contributed by atoms with Crippen molar-refractivity contribution in [2.75, 3.05) is 13.0 Å². The lowest BCUT2D eigenvalue weighted by Gasteiger charge is -2.09. The van der Waals surface area contributed by atoms with Gasteiger partial charge in [-0.1, -0.05) is 58.3 Å². The van der Waals surface area contributed by atoms with Gasteiger partial charge in [0.1, 0.15) is 0 Å². The lowest BCUT2D eigenvalue weighted by atomic mass is 9.99.